The molecule has 0 unspecified atom stereocenters. The van der Waals surface area contributed by atoms with Crippen LogP contribution in [0.2, 0.25) is 0 Å². The summed E-state index contributed by atoms with van der Waals surface area (Å²) in [6.45, 7) is 13.4. The lowest BCUT2D eigenvalue weighted by Gasteiger charge is -2.00. The Bertz CT molecular complexity index is 1510. The van der Waals surface area contributed by atoms with Gasteiger partial charge in [0.25, 0.3) is 0 Å². The molecule has 5 rings (SSSR count). The van der Waals surface area contributed by atoms with E-state index < -0.39 is 0 Å². The van der Waals surface area contributed by atoms with Crippen molar-refractivity contribution in [3.8, 4) is 0 Å². The Morgan fingerprint density at radius 1 is 0.588 bits per heavy atom. The molecule has 3 aromatic heterocycles. The number of allylic oxidation sites excluding steroid dienone is 2. The average Bonchev–Trinajstić information content (AvgIpc) is 3.55. The van der Waals surface area contributed by atoms with Crippen molar-refractivity contribution < 1.29 is 0 Å². The van der Waals surface area contributed by atoms with Gasteiger partial charge in [-0.2, -0.15) is 0 Å². The second kappa shape index (κ2) is 8.79. The summed E-state index contributed by atoms with van der Waals surface area (Å²) in [4.78, 5) is 12.6. The second-order valence-electron chi connectivity index (χ2n) is 9.42. The molecule has 1 aliphatic heterocycles. The van der Waals surface area contributed by atoms with E-state index in [1.807, 2.05) is 0 Å². The quantitative estimate of drug-likeness (QED) is 0.322. The number of H-pyrrole nitrogens is 2. The van der Waals surface area contributed by atoms with Crippen molar-refractivity contribution >= 4 is 45.4 Å². The minimum absolute atomic E-state index is 0.977. The fourth-order valence-corrected chi connectivity index (χ4v) is 5.68. The molecular formula is C31H35N3. The van der Waals surface area contributed by atoms with E-state index in [0.29, 0.717) is 0 Å². The molecule has 0 fully saturated rings. The van der Waals surface area contributed by atoms with Crippen molar-refractivity contribution in [3.05, 3.63) is 75.1 Å². The van der Waals surface area contributed by atoms with Gasteiger partial charge in [-0.1, -0.05) is 39.8 Å². The number of hydrogen-bond donors (Lipinski definition) is 2. The topological polar surface area (TPSA) is 44.5 Å². The van der Waals surface area contributed by atoms with E-state index in [2.05, 4.69) is 94.0 Å². The van der Waals surface area contributed by atoms with Gasteiger partial charge in [-0.05, 0) is 114 Å². The molecule has 0 saturated heterocycles. The van der Waals surface area contributed by atoms with E-state index in [9.17, 15) is 0 Å². The average molecular weight is 450 g/mol. The van der Waals surface area contributed by atoms with E-state index in [1.54, 1.807) is 0 Å². The molecule has 0 amide bonds. The van der Waals surface area contributed by atoms with Crippen LogP contribution >= 0.6 is 0 Å². The summed E-state index contributed by atoms with van der Waals surface area (Å²) < 4.78 is 0. The van der Waals surface area contributed by atoms with Gasteiger partial charge in [-0.3, -0.25) is 0 Å². The Kier molecular flexibility index (Phi) is 5.81. The molecule has 3 nitrogen and oxygen atoms in total. The Labute approximate surface area is 202 Å². The van der Waals surface area contributed by atoms with Crippen LogP contribution in [-0.2, 0) is 19.3 Å². The SMILES string of the molecule is CCC1=C(C)c2cc3cc(cc4[nH]c(cc5[nH]c(cc1n2)c(CC)c5CC)c(CC)c4C)C=C3. The van der Waals surface area contributed by atoms with Crippen LogP contribution in [0.1, 0.15) is 85.8 Å². The van der Waals surface area contributed by atoms with Crippen LogP contribution in [0.3, 0.4) is 0 Å². The van der Waals surface area contributed by atoms with Crippen molar-refractivity contribution in [1.82, 2.24) is 15.0 Å². The molecule has 1 aliphatic carbocycles. The first kappa shape index (κ1) is 22.5. The van der Waals surface area contributed by atoms with Gasteiger partial charge < -0.3 is 9.97 Å². The zero-order chi connectivity index (χ0) is 24.0. The Balaban J connectivity index is 1.97. The fraction of sp³-hybridized carbons (Fsp3) is 0.323. The van der Waals surface area contributed by atoms with Crippen molar-refractivity contribution in [2.75, 3.05) is 0 Å². The van der Waals surface area contributed by atoms with Crippen LogP contribution in [0.5, 0.6) is 0 Å². The third-order valence-electron chi connectivity index (χ3n) is 7.52. The van der Waals surface area contributed by atoms with Crippen molar-refractivity contribution in [2.45, 2.75) is 67.2 Å². The van der Waals surface area contributed by atoms with E-state index in [0.717, 1.165) is 37.1 Å². The highest BCUT2D eigenvalue weighted by molar-refractivity contribution is 5.93. The molecule has 174 valence electrons. The Morgan fingerprint density at radius 2 is 1.18 bits per heavy atom. The van der Waals surface area contributed by atoms with Crippen LogP contribution in [0.4, 0.5) is 0 Å². The lowest BCUT2D eigenvalue weighted by atomic mass is 10.0. The summed E-state index contributed by atoms with van der Waals surface area (Å²) in [5, 5.41) is 0. The highest BCUT2D eigenvalue weighted by Crippen LogP contribution is 2.34. The molecule has 3 heteroatoms. The first-order chi connectivity index (χ1) is 16.5. The van der Waals surface area contributed by atoms with Gasteiger partial charge in [-0.15, -0.1) is 0 Å². The maximum Gasteiger partial charge on any atom is 0.0693 e. The van der Waals surface area contributed by atoms with E-state index in [1.165, 1.54) is 66.6 Å². The number of hydrogen-bond acceptors (Lipinski definition) is 1. The summed E-state index contributed by atoms with van der Waals surface area (Å²) in [5.41, 5.74) is 17.5. The minimum atomic E-state index is 0.977. The van der Waals surface area contributed by atoms with Gasteiger partial charge in [0.15, 0.2) is 0 Å². The maximum absolute atomic E-state index is 5.10. The monoisotopic (exact) mass is 449 g/mol. The number of aromatic amines is 2. The van der Waals surface area contributed by atoms with Crippen LogP contribution in [0.25, 0.3) is 45.4 Å². The van der Waals surface area contributed by atoms with Gasteiger partial charge in [-0.25, -0.2) is 4.98 Å². The summed E-state index contributed by atoms with van der Waals surface area (Å²) in [6.07, 6.45) is 8.37. The lowest BCUT2D eigenvalue weighted by molar-refractivity contribution is 1.07. The number of nitrogens with zero attached hydrogens (tertiary/aromatic N) is 1. The highest BCUT2D eigenvalue weighted by atomic mass is 14.8. The summed E-state index contributed by atoms with van der Waals surface area (Å²) in [6, 6.07) is 11.4. The molecule has 4 heterocycles. The zero-order valence-corrected chi connectivity index (χ0v) is 21.3. The molecule has 0 spiro atoms. The van der Waals surface area contributed by atoms with Gasteiger partial charge in [0.05, 0.1) is 11.4 Å². The number of nitrogens with one attached hydrogen (secondary N) is 2. The number of aromatic nitrogens is 3. The summed E-state index contributed by atoms with van der Waals surface area (Å²) in [7, 11) is 0. The number of aryl methyl sites for hydroxylation is 4. The summed E-state index contributed by atoms with van der Waals surface area (Å²) in [5.74, 6) is 0. The van der Waals surface area contributed by atoms with Crippen molar-refractivity contribution in [2.24, 2.45) is 0 Å². The molecule has 34 heavy (non-hydrogen) atoms. The molecule has 2 N–H and O–H groups in total. The Morgan fingerprint density at radius 3 is 1.82 bits per heavy atom. The maximum atomic E-state index is 5.10. The lowest BCUT2D eigenvalue weighted by Crippen LogP contribution is -1.86. The smallest absolute Gasteiger partial charge is 0.0693 e. The normalized spacial score (nSPS) is 13.2. The first-order valence-corrected chi connectivity index (χ1v) is 12.7. The first-order valence-electron chi connectivity index (χ1n) is 12.7. The van der Waals surface area contributed by atoms with Gasteiger partial charge in [0, 0.05) is 22.1 Å². The van der Waals surface area contributed by atoms with Crippen LogP contribution in [-0.4, -0.2) is 15.0 Å². The fourth-order valence-electron chi connectivity index (χ4n) is 5.68. The van der Waals surface area contributed by atoms with Crippen LogP contribution in [0, 0.1) is 6.92 Å². The second-order valence-corrected chi connectivity index (χ2v) is 9.42. The van der Waals surface area contributed by atoms with E-state index in [4.69, 9.17) is 4.98 Å². The predicted octanol–water partition coefficient (Wildman–Crippen LogP) is 8.43. The molecule has 3 aromatic rings. The van der Waals surface area contributed by atoms with Crippen molar-refractivity contribution in [1.29, 1.82) is 0 Å². The third-order valence-corrected chi connectivity index (χ3v) is 7.52. The molecule has 0 aromatic carbocycles. The van der Waals surface area contributed by atoms with E-state index >= 15 is 0 Å². The predicted molar refractivity (Wildman–Crippen MR) is 148 cm³/mol. The number of rotatable bonds is 4. The number of fused-ring (bicyclic) bond motifs is 8. The van der Waals surface area contributed by atoms with E-state index in [-0.39, 0.29) is 0 Å². The zero-order valence-electron chi connectivity index (χ0n) is 21.3. The van der Waals surface area contributed by atoms with Crippen molar-refractivity contribution in [3.63, 3.8) is 0 Å². The van der Waals surface area contributed by atoms with Crippen LogP contribution < -0.4 is 0 Å². The standard InChI is InChI=1S/C31H35N3/c1-7-22-18(5)26-14-20-11-12-21(13-20)15-27-19(6)23(8-2)29(33-27)17-31-25(10-4)24(9-3)30(34-31)16-28(22)32-26/h11-17,32,34H,7-10H2,1-6H3. The summed E-state index contributed by atoms with van der Waals surface area (Å²) >= 11 is 0. The molecule has 0 radical (unpaired) electrons. The minimum Gasteiger partial charge on any atom is -0.355 e. The third kappa shape index (κ3) is 3.64. The molecule has 2 aliphatic rings. The molecule has 0 saturated carbocycles. The van der Waals surface area contributed by atoms with Gasteiger partial charge in [0.1, 0.15) is 0 Å². The molecular weight excluding hydrogens is 414 g/mol. The van der Waals surface area contributed by atoms with Gasteiger partial charge >= 0.3 is 0 Å². The van der Waals surface area contributed by atoms with Gasteiger partial charge in [0.2, 0.25) is 0 Å². The highest BCUT2D eigenvalue weighted by Gasteiger charge is 2.17. The molecule has 0 atom stereocenters. The largest absolute Gasteiger partial charge is 0.355 e. The van der Waals surface area contributed by atoms with Crippen LogP contribution in [0.15, 0.2) is 30.3 Å². The molecule has 8 bridgehead atoms. The Hall–Kier alpha value is -3.33.